The Kier molecular flexibility index (Phi) is 5.06. The van der Waals surface area contributed by atoms with Gasteiger partial charge in [0.05, 0.1) is 0 Å². The highest BCUT2D eigenvalue weighted by Gasteiger charge is 2.22. The summed E-state index contributed by atoms with van der Waals surface area (Å²) in [4.78, 5) is 26.6. The van der Waals surface area contributed by atoms with E-state index in [4.69, 9.17) is 11.5 Å². The Hall–Kier alpha value is -3.40. The maximum absolute atomic E-state index is 13.3. The smallest absolute Gasteiger partial charge is 0.194 e. The number of hydrogen-bond donors (Lipinski definition) is 2. The minimum Gasteiger partial charge on any atom is -0.399 e. The Bertz CT molecular complexity index is 1030. The number of carbonyl (C=O) groups excluding carboxylic acids is 2. The molecular formula is C24H24N2O2. The third-order valence-corrected chi connectivity index (χ3v) is 5.56. The van der Waals surface area contributed by atoms with Crippen molar-refractivity contribution in [2.24, 2.45) is 0 Å². The molecule has 3 aromatic carbocycles. The number of ketones is 2. The Morgan fingerprint density at radius 2 is 0.893 bits per heavy atom. The third kappa shape index (κ3) is 3.18. The zero-order valence-electron chi connectivity index (χ0n) is 16.6. The number of benzene rings is 3. The SMILES string of the molecule is Cc1c(N)ccc(C(=O)c2ccccc2C(=O)c2ccc(N)c(C)c2C)c1C. The van der Waals surface area contributed by atoms with Crippen molar-refractivity contribution in [2.45, 2.75) is 27.7 Å². The fourth-order valence-corrected chi connectivity index (χ4v) is 3.34. The topological polar surface area (TPSA) is 86.2 Å². The second kappa shape index (κ2) is 7.31. The van der Waals surface area contributed by atoms with Gasteiger partial charge in [-0.05, 0) is 74.2 Å². The van der Waals surface area contributed by atoms with Crippen molar-refractivity contribution >= 4 is 22.9 Å². The lowest BCUT2D eigenvalue weighted by Crippen LogP contribution is -2.14. The van der Waals surface area contributed by atoms with Crippen LogP contribution in [0.3, 0.4) is 0 Å². The zero-order chi connectivity index (χ0) is 20.6. The van der Waals surface area contributed by atoms with E-state index in [1.54, 1.807) is 48.5 Å². The molecule has 3 rings (SSSR count). The number of carbonyl (C=O) groups is 2. The maximum Gasteiger partial charge on any atom is 0.194 e. The van der Waals surface area contributed by atoms with E-state index in [2.05, 4.69) is 0 Å². The van der Waals surface area contributed by atoms with E-state index in [0.717, 1.165) is 22.3 Å². The molecule has 0 atom stereocenters. The molecule has 28 heavy (non-hydrogen) atoms. The van der Waals surface area contributed by atoms with Crippen LogP contribution in [0.15, 0.2) is 48.5 Å². The first kappa shape index (κ1) is 19.4. The predicted octanol–water partition coefficient (Wildman–Crippen LogP) is 4.55. The first-order valence-corrected chi connectivity index (χ1v) is 9.13. The van der Waals surface area contributed by atoms with Crippen molar-refractivity contribution in [3.05, 3.63) is 93.0 Å². The predicted molar refractivity (Wildman–Crippen MR) is 114 cm³/mol. The van der Waals surface area contributed by atoms with Crippen molar-refractivity contribution in [3.8, 4) is 0 Å². The molecule has 0 fully saturated rings. The highest BCUT2D eigenvalue weighted by Crippen LogP contribution is 2.26. The monoisotopic (exact) mass is 372 g/mol. The van der Waals surface area contributed by atoms with Gasteiger partial charge in [-0.25, -0.2) is 0 Å². The van der Waals surface area contributed by atoms with E-state index in [1.165, 1.54) is 0 Å². The lowest BCUT2D eigenvalue weighted by atomic mass is 9.88. The summed E-state index contributed by atoms with van der Waals surface area (Å²) in [5.41, 5.74) is 18.5. The van der Waals surface area contributed by atoms with Crippen LogP contribution in [0.1, 0.15) is 54.1 Å². The Morgan fingerprint density at radius 1 is 0.536 bits per heavy atom. The summed E-state index contributed by atoms with van der Waals surface area (Å²) in [7, 11) is 0. The Labute approximate surface area is 165 Å². The molecule has 3 aromatic rings. The van der Waals surface area contributed by atoms with Crippen LogP contribution in [0.2, 0.25) is 0 Å². The third-order valence-electron chi connectivity index (χ3n) is 5.56. The maximum atomic E-state index is 13.3. The molecule has 0 aromatic heterocycles. The molecule has 142 valence electrons. The number of rotatable bonds is 4. The van der Waals surface area contributed by atoms with Gasteiger partial charge >= 0.3 is 0 Å². The van der Waals surface area contributed by atoms with E-state index < -0.39 is 0 Å². The molecule has 4 heteroatoms. The normalized spacial score (nSPS) is 10.7. The number of nitrogens with two attached hydrogens (primary N) is 2. The molecule has 0 aliphatic heterocycles. The number of anilines is 2. The molecule has 4 N–H and O–H groups in total. The van der Waals surface area contributed by atoms with Gasteiger partial charge in [-0.3, -0.25) is 9.59 Å². The fourth-order valence-electron chi connectivity index (χ4n) is 3.34. The van der Waals surface area contributed by atoms with Crippen LogP contribution in [-0.2, 0) is 0 Å². The van der Waals surface area contributed by atoms with E-state index in [9.17, 15) is 9.59 Å². The molecule has 0 radical (unpaired) electrons. The van der Waals surface area contributed by atoms with Gasteiger partial charge in [-0.1, -0.05) is 24.3 Å². The summed E-state index contributed by atoms with van der Waals surface area (Å²) in [6.07, 6.45) is 0. The highest BCUT2D eigenvalue weighted by molar-refractivity contribution is 6.20. The first-order valence-electron chi connectivity index (χ1n) is 9.13. The fraction of sp³-hybridized carbons (Fsp3) is 0.167. The van der Waals surface area contributed by atoms with Crippen LogP contribution in [0.5, 0.6) is 0 Å². The molecular weight excluding hydrogens is 348 g/mol. The largest absolute Gasteiger partial charge is 0.399 e. The molecule has 0 aliphatic carbocycles. The summed E-state index contributed by atoms with van der Waals surface area (Å²) in [5.74, 6) is -0.372. The van der Waals surface area contributed by atoms with E-state index >= 15 is 0 Å². The summed E-state index contributed by atoms with van der Waals surface area (Å²) in [6, 6.07) is 13.8. The van der Waals surface area contributed by atoms with Crippen molar-refractivity contribution in [1.82, 2.24) is 0 Å². The Morgan fingerprint density at radius 3 is 1.25 bits per heavy atom. The molecule has 0 spiro atoms. The van der Waals surface area contributed by atoms with Crippen LogP contribution in [0.4, 0.5) is 11.4 Å². The second-order valence-corrected chi connectivity index (χ2v) is 7.11. The zero-order valence-corrected chi connectivity index (χ0v) is 16.6. The van der Waals surface area contributed by atoms with Crippen LogP contribution < -0.4 is 11.5 Å². The number of hydrogen-bond acceptors (Lipinski definition) is 4. The van der Waals surface area contributed by atoms with Crippen molar-refractivity contribution in [3.63, 3.8) is 0 Å². The van der Waals surface area contributed by atoms with Gasteiger partial charge in [0.15, 0.2) is 11.6 Å². The van der Waals surface area contributed by atoms with Gasteiger partial charge in [0.1, 0.15) is 0 Å². The summed E-state index contributed by atoms with van der Waals surface area (Å²) >= 11 is 0. The summed E-state index contributed by atoms with van der Waals surface area (Å²) < 4.78 is 0. The van der Waals surface area contributed by atoms with Gasteiger partial charge in [-0.15, -0.1) is 0 Å². The molecule has 0 bridgehead atoms. The molecule has 0 heterocycles. The standard InChI is InChI=1S/C24H24N2O2/c1-13-15(3)21(25)11-9-17(13)23(27)19-7-5-6-8-20(19)24(28)18-10-12-22(26)16(4)14(18)2/h5-12H,25-26H2,1-4H3. The van der Waals surface area contributed by atoms with Gasteiger partial charge in [0, 0.05) is 33.6 Å². The first-order chi connectivity index (χ1) is 13.2. The van der Waals surface area contributed by atoms with E-state index in [1.807, 2.05) is 27.7 Å². The number of nitrogen functional groups attached to an aromatic ring is 2. The van der Waals surface area contributed by atoms with E-state index in [-0.39, 0.29) is 11.6 Å². The van der Waals surface area contributed by atoms with Crippen LogP contribution in [0.25, 0.3) is 0 Å². The van der Waals surface area contributed by atoms with Gasteiger partial charge in [-0.2, -0.15) is 0 Å². The molecule has 0 saturated heterocycles. The minimum atomic E-state index is -0.186. The molecule has 4 nitrogen and oxygen atoms in total. The highest BCUT2D eigenvalue weighted by atomic mass is 16.1. The Balaban J connectivity index is 2.12. The average molecular weight is 372 g/mol. The van der Waals surface area contributed by atoms with Gasteiger partial charge in [0.2, 0.25) is 0 Å². The van der Waals surface area contributed by atoms with Gasteiger partial charge in [0.25, 0.3) is 0 Å². The van der Waals surface area contributed by atoms with E-state index in [0.29, 0.717) is 33.6 Å². The average Bonchev–Trinajstić information content (AvgIpc) is 2.69. The van der Waals surface area contributed by atoms with Crippen LogP contribution in [-0.4, -0.2) is 11.6 Å². The van der Waals surface area contributed by atoms with Gasteiger partial charge < -0.3 is 11.5 Å². The second-order valence-electron chi connectivity index (χ2n) is 7.11. The summed E-state index contributed by atoms with van der Waals surface area (Å²) in [6.45, 7) is 7.52. The quantitative estimate of drug-likeness (QED) is 0.520. The summed E-state index contributed by atoms with van der Waals surface area (Å²) in [5, 5.41) is 0. The molecule has 0 amide bonds. The van der Waals surface area contributed by atoms with Crippen LogP contribution in [0, 0.1) is 27.7 Å². The molecule has 0 unspecified atom stereocenters. The lowest BCUT2D eigenvalue weighted by Gasteiger charge is -2.14. The molecule has 0 aliphatic rings. The van der Waals surface area contributed by atoms with Crippen molar-refractivity contribution in [2.75, 3.05) is 11.5 Å². The van der Waals surface area contributed by atoms with Crippen LogP contribution >= 0.6 is 0 Å². The van der Waals surface area contributed by atoms with Crippen molar-refractivity contribution < 1.29 is 9.59 Å². The van der Waals surface area contributed by atoms with Crippen molar-refractivity contribution in [1.29, 1.82) is 0 Å². The molecule has 0 saturated carbocycles. The minimum absolute atomic E-state index is 0.186. The lowest BCUT2D eigenvalue weighted by molar-refractivity contribution is 0.100.